The lowest BCUT2D eigenvalue weighted by Crippen LogP contribution is -2.51. The van der Waals surface area contributed by atoms with Crippen LogP contribution in [0.2, 0.25) is 0 Å². The third kappa shape index (κ3) is 11.8. The fraction of sp³-hybridized carbons (Fsp3) is 0.460. The van der Waals surface area contributed by atoms with Crippen molar-refractivity contribution in [2.24, 2.45) is 17.2 Å². The number of ether oxygens (including phenoxy) is 1. The summed E-state index contributed by atoms with van der Waals surface area (Å²) in [6.45, 7) is 8.81. The van der Waals surface area contributed by atoms with E-state index in [9.17, 15) is 19.5 Å². The van der Waals surface area contributed by atoms with Crippen LogP contribution in [0.15, 0.2) is 84.5 Å². The molecule has 14 nitrogen and oxygen atoms in total. The zero-order valence-electron chi connectivity index (χ0n) is 38.4. The van der Waals surface area contributed by atoms with Gasteiger partial charge in [0, 0.05) is 137 Å². The van der Waals surface area contributed by atoms with E-state index >= 15 is 4.39 Å². The molecule has 0 saturated carbocycles. The number of halogens is 1. The molecule has 0 aliphatic carbocycles. The van der Waals surface area contributed by atoms with Gasteiger partial charge in [0.1, 0.15) is 23.5 Å². The number of anilines is 1. The number of carbonyl (C=O) groups excluding carboxylic acids is 3. The van der Waals surface area contributed by atoms with Crippen LogP contribution < -0.4 is 27.8 Å². The molecule has 0 radical (unpaired) electrons. The molecular formula is C50H68FN9O5. The van der Waals surface area contributed by atoms with E-state index in [1.54, 1.807) is 37.5 Å². The first-order chi connectivity index (χ1) is 31.3. The van der Waals surface area contributed by atoms with Gasteiger partial charge in [-0.2, -0.15) is 0 Å². The molecule has 3 aliphatic heterocycles. The molecule has 2 amide bonds. The summed E-state index contributed by atoms with van der Waals surface area (Å²) in [4.78, 5) is 39.0. The summed E-state index contributed by atoms with van der Waals surface area (Å²) in [5.41, 5.74) is 25.4. The molecule has 2 atom stereocenters. The number of aromatic hydroxyl groups is 1. The Labute approximate surface area is 382 Å². The van der Waals surface area contributed by atoms with E-state index in [-0.39, 0.29) is 29.5 Å². The van der Waals surface area contributed by atoms with Gasteiger partial charge in [0.15, 0.2) is 0 Å². The van der Waals surface area contributed by atoms with Crippen LogP contribution in [0.1, 0.15) is 90.0 Å². The minimum Gasteiger partial charge on any atom is -0.507 e. The Balaban J connectivity index is 0.000000925. The van der Waals surface area contributed by atoms with E-state index in [0.717, 1.165) is 61.9 Å². The summed E-state index contributed by atoms with van der Waals surface area (Å²) in [5.74, 6) is 0.188. The van der Waals surface area contributed by atoms with E-state index in [1.165, 1.54) is 16.5 Å². The van der Waals surface area contributed by atoms with Gasteiger partial charge in [-0.25, -0.2) is 4.39 Å². The number of likely N-dealkylation sites (tertiary alicyclic amines) is 3. The number of fused-ring (bicyclic) bond motifs is 1. The van der Waals surface area contributed by atoms with Gasteiger partial charge in [-0.15, -0.1) is 0 Å². The average Bonchev–Trinajstić information content (AvgIpc) is 3.69. The molecule has 1 aromatic heterocycles. The quantitative estimate of drug-likeness (QED) is 0.0483. The molecule has 0 spiro atoms. The zero-order valence-corrected chi connectivity index (χ0v) is 38.4. The van der Waals surface area contributed by atoms with Crippen molar-refractivity contribution in [2.75, 3.05) is 71.8 Å². The predicted octanol–water partition coefficient (Wildman–Crippen LogP) is 5.75. The minimum absolute atomic E-state index is 0.0595. The number of rotatable bonds is 15. The second kappa shape index (κ2) is 22.2. The van der Waals surface area contributed by atoms with Crippen molar-refractivity contribution in [1.29, 1.82) is 0 Å². The lowest BCUT2D eigenvalue weighted by atomic mass is 9.85. The molecule has 0 bridgehead atoms. The lowest BCUT2D eigenvalue weighted by molar-refractivity contribution is -0.110. The van der Waals surface area contributed by atoms with Crippen LogP contribution in [-0.2, 0) is 20.7 Å². The molecule has 65 heavy (non-hydrogen) atoms. The van der Waals surface area contributed by atoms with Gasteiger partial charge < -0.3 is 61.7 Å². The highest BCUT2D eigenvalue weighted by Gasteiger charge is 2.39. The number of hydrogen-bond acceptors (Lipinski definition) is 11. The largest absolute Gasteiger partial charge is 0.507 e. The maximum Gasteiger partial charge on any atom is 0.253 e. The number of benzene rings is 3. The second-order valence-electron chi connectivity index (χ2n) is 17.6. The fourth-order valence-electron chi connectivity index (χ4n) is 9.69. The Hall–Kier alpha value is -6.06. The number of phenolic OH excluding ortho intramolecular Hbond substituents is 1. The summed E-state index contributed by atoms with van der Waals surface area (Å²) in [7, 11) is 3.65. The van der Waals surface area contributed by atoms with Gasteiger partial charge in [0.25, 0.3) is 5.91 Å². The maximum absolute atomic E-state index is 16.4. The smallest absolute Gasteiger partial charge is 0.253 e. The number of aldehydes is 1. The molecule has 9 N–H and O–H groups in total. The van der Waals surface area contributed by atoms with Gasteiger partial charge in [0.05, 0.1) is 11.8 Å². The number of piperidine rings is 3. The molecule has 350 valence electrons. The number of nitrogens with zero attached hydrogens (tertiary/aromatic N) is 4. The van der Waals surface area contributed by atoms with Crippen molar-refractivity contribution >= 4 is 40.9 Å². The normalized spacial score (nSPS) is 19.2. The number of methoxy groups -OCH3 is 1. The number of aromatic nitrogens is 1. The number of phenols is 1. The molecule has 3 aliphatic rings. The molecule has 15 heteroatoms. The highest BCUT2D eigenvalue weighted by Crippen LogP contribution is 2.37. The highest BCUT2D eigenvalue weighted by atomic mass is 19.1. The number of nitrogens with two attached hydrogens (primary N) is 3. The molecule has 2 unspecified atom stereocenters. The van der Waals surface area contributed by atoms with E-state index < -0.39 is 5.67 Å². The van der Waals surface area contributed by atoms with Gasteiger partial charge in [0.2, 0.25) is 6.41 Å². The van der Waals surface area contributed by atoms with E-state index in [4.69, 9.17) is 21.9 Å². The number of para-hydroxylation sites is 1. The molecule has 4 aromatic rings. The second-order valence-corrected chi connectivity index (χ2v) is 17.6. The monoisotopic (exact) mass is 894 g/mol. The molecule has 3 aromatic carbocycles. The van der Waals surface area contributed by atoms with Crippen LogP contribution in [0, 0.1) is 6.92 Å². The number of allylic oxidation sites excluding steroid dienone is 1. The van der Waals surface area contributed by atoms with Gasteiger partial charge in [-0.3, -0.25) is 9.59 Å². The minimum atomic E-state index is -1.31. The fourth-order valence-corrected chi connectivity index (χ4v) is 9.69. The summed E-state index contributed by atoms with van der Waals surface area (Å²) in [6, 6.07) is 19.8. The van der Waals surface area contributed by atoms with Gasteiger partial charge in [-0.05, 0) is 97.8 Å². The zero-order chi connectivity index (χ0) is 46.7. The first kappa shape index (κ1) is 48.4. The van der Waals surface area contributed by atoms with E-state index in [1.807, 2.05) is 37.1 Å². The summed E-state index contributed by atoms with van der Waals surface area (Å²) in [5, 5.41) is 17.3. The number of alkyl halides is 1. The number of hydrogen-bond donors (Lipinski definition) is 6. The lowest BCUT2D eigenvalue weighted by Gasteiger charge is -2.41. The Bertz CT molecular complexity index is 2320. The third-order valence-corrected chi connectivity index (χ3v) is 13.3. The summed E-state index contributed by atoms with van der Waals surface area (Å²) in [6.07, 6.45) is 10.1. The van der Waals surface area contributed by atoms with Gasteiger partial charge >= 0.3 is 0 Å². The third-order valence-electron chi connectivity index (χ3n) is 13.3. The molecule has 3 fully saturated rings. The molecular weight excluding hydrogens is 826 g/mol. The van der Waals surface area contributed by atoms with Crippen LogP contribution in [0.25, 0.3) is 16.6 Å². The SMILES string of the molecule is CCc1cn(C2CCN(CC3(F)CCN(C(=O)c4ccc(C5CC(OC)CN(C(/C=C(\N)c6ccccc6O)=C(N)N)C5)c(C)c4)CC3)CC2)c2ccc(NC)cc12.O=CCCNC=O. The Kier molecular flexibility index (Phi) is 16.5. The van der Waals surface area contributed by atoms with Crippen LogP contribution in [-0.4, -0.2) is 121 Å². The van der Waals surface area contributed by atoms with Crippen LogP contribution >= 0.6 is 0 Å². The Morgan fingerprint density at radius 1 is 0.985 bits per heavy atom. The van der Waals surface area contributed by atoms with E-state index in [2.05, 4.69) is 56.3 Å². The Morgan fingerprint density at radius 3 is 2.35 bits per heavy atom. The molecule has 4 heterocycles. The van der Waals surface area contributed by atoms with Crippen LogP contribution in [0.3, 0.4) is 0 Å². The maximum atomic E-state index is 16.4. The van der Waals surface area contributed by atoms with Crippen molar-refractivity contribution in [3.63, 3.8) is 0 Å². The van der Waals surface area contributed by atoms with E-state index in [0.29, 0.717) is 93.5 Å². The number of carbonyl (C=O) groups is 3. The van der Waals surface area contributed by atoms with Crippen LogP contribution in [0.5, 0.6) is 5.75 Å². The molecule has 7 rings (SSSR count). The Morgan fingerprint density at radius 2 is 1.72 bits per heavy atom. The standard InChI is InChI=1S/C46H61FN8O3.C4H7NO2/c1-5-31-27-55(41-13-11-34(51-3)24-39(31)41)35-14-18-52(19-15-35)29-46(47)16-20-53(21-17-46)45(57)32-10-12-37(30(2)22-32)33-23-36(58-4)28-54(26-33)42(44(49)50)25-40(48)38-8-6-7-9-43(38)56;6-3-1-2-5-4-7/h6-13,22,24-25,27,33,35-36,51,56H,5,14-21,23,26,28-29,48-50H2,1-4H3;3-4H,1-2H2,(H,5,7)/b40-25-;. The van der Waals surface area contributed by atoms with Crippen molar-refractivity contribution in [3.05, 3.63) is 112 Å². The van der Waals surface area contributed by atoms with Crippen LogP contribution in [0.4, 0.5) is 10.1 Å². The first-order valence-corrected chi connectivity index (χ1v) is 22.8. The number of aryl methyl sites for hydroxylation is 2. The van der Waals surface area contributed by atoms with Crippen molar-refractivity contribution < 1.29 is 28.6 Å². The van der Waals surface area contributed by atoms with Gasteiger partial charge in [-0.1, -0.05) is 25.1 Å². The summed E-state index contributed by atoms with van der Waals surface area (Å²) >= 11 is 0. The number of amides is 2. The predicted molar refractivity (Wildman–Crippen MR) is 256 cm³/mol. The summed E-state index contributed by atoms with van der Waals surface area (Å²) < 4.78 is 24.7. The first-order valence-electron chi connectivity index (χ1n) is 22.8. The number of nitrogens with one attached hydrogen (secondary N) is 2. The highest BCUT2D eigenvalue weighted by molar-refractivity contribution is 5.94. The average molecular weight is 894 g/mol. The molecule has 3 saturated heterocycles. The van der Waals surface area contributed by atoms with Crippen molar-refractivity contribution in [2.45, 2.75) is 82.5 Å². The van der Waals surface area contributed by atoms with Crippen molar-refractivity contribution in [3.8, 4) is 5.75 Å². The van der Waals surface area contributed by atoms with Crippen molar-refractivity contribution in [1.82, 2.24) is 24.6 Å². The topological polar surface area (TPSA) is 197 Å².